The van der Waals surface area contributed by atoms with Crippen molar-refractivity contribution >= 4 is 5.65 Å². The molecular formula is C15H19N3O2. The summed E-state index contributed by atoms with van der Waals surface area (Å²) in [5, 5.41) is 13.0. The maximum Gasteiger partial charge on any atom is 0.262 e. The topological polar surface area (TPSA) is 66.6 Å². The molecule has 5 nitrogen and oxygen atoms in total. The molecule has 2 N–H and O–H groups in total. The zero-order valence-electron chi connectivity index (χ0n) is 11.8. The number of nitrogens with one attached hydrogen (secondary N) is 1. The highest BCUT2D eigenvalue weighted by Crippen LogP contribution is 2.31. The van der Waals surface area contributed by atoms with E-state index >= 15 is 0 Å². The monoisotopic (exact) mass is 273 g/mol. The normalized spacial score (nSPS) is 25.6. The molecular weight excluding hydrogens is 254 g/mol. The van der Waals surface area contributed by atoms with Crippen LogP contribution in [0.1, 0.15) is 31.0 Å². The summed E-state index contributed by atoms with van der Waals surface area (Å²) in [5.41, 5.74) is 1.56. The number of pyridine rings is 1. The van der Waals surface area contributed by atoms with Crippen molar-refractivity contribution < 1.29 is 5.11 Å². The van der Waals surface area contributed by atoms with E-state index in [1.807, 2.05) is 32.0 Å². The Balaban J connectivity index is 1.83. The van der Waals surface area contributed by atoms with Crippen LogP contribution in [0.5, 0.6) is 0 Å². The maximum absolute atomic E-state index is 12.4. The molecule has 2 heterocycles. The summed E-state index contributed by atoms with van der Waals surface area (Å²) in [4.78, 5) is 16.9. The molecule has 1 aliphatic carbocycles. The van der Waals surface area contributed by atoms with Crippen LogP contribution in [-0.4, -0.2) is 26.1 Å². The fourth-order valence-corrected chi connectivity index (χ4v) is 2.83. The predicted molar refractivity (Wildman–Crippen MR) is 76.7 cm³/mol. The second-order valence-corrected chi connectivity index (χ2v) is 5.89. The van der Waals surface area contributed by atoms with Crippen LogP contribution in [0.2, 0.25) is 0 Å². The minimum absolute atomic E-state index is 0.0216. The fourth-order valence-electron chi connectivity index (χ4n) is 2.83. The smallest absolute Gasteiger partial charge is 0.262 e. The molecule has 20 heavy (non-hydrogen) atoms. The number of hydrogen-bond donors (Lipinski definition) is 2. The van der Waals surface area contributed by atoms with Gasteiger partial charge in [-0.2, -0.15) is 0 Å². The Hall–Kier alpha value is -1.72. The second-order valence-electron chi connectivity index (χ2n) is 5.89. The van der Waals surface area contributed by atoms with Crippen LogP contribution in [-0.2, 0) is 6.54 Å². The standard InChI is InChI=1S/C15H19N3O2/c1-10-12(9-16-11-7-15(2,20)8-11)14(19)18-6-4-3-5-13(18)17-10/h3-6,11,16,20H,7-9H2,1-2H3. The van der Waals surface area contributed by atoms with Gasteiger partial charge in [0.15, 0.2) is 0 Å². The van der Waals surface area contributed by atoms with Gasteiger partial charge in [0.2, 0.25) is 0 Å². The van der Waals surface area contributed by atoms with Crippen molar-refractivity contribution in [2.24, 2.45) is 0 Å². The number of aryl methyl sites for hydroxylation is 1. The Morgan fingerprint density at radius 2 is 2.25 bits per heavy atom. The molecule has 1 saturated carbocycles. The predicted octanol–water partition coefficient (Wildman–Crippen LogP) is 1.01. The summed E-state index contributed by atoms with van der Waals surface area (Å²) in [5.74, 6) is 0. The lowest BCUT2D eigenvalue weighted by atomic mass is 9.77. The molecule has 0 saturated heterocycles. The third-order valence-corrected chi connectivity index (χ3v) is 3.97. The van der Waals surface area contributed by atoms with Gasteiger partial charge in [0.05, 0.1) is 11.2 Å². The summed E-state index contributed by atoms with van der Waals surface area (Å²) in [6.45, 7) is 4.20. The van der Waals surface area contributed by atoms with E-state index in [4.69, 9.17) is 0 Å². The average Bonchev–Trinajstić information content (AvgIpc) is 2.36. The minimum Gasteiger partial charge on any atom is -0.390 e. The van der Waals surface area contributed by atoms with E-state index in [2.05, 4.69) is 10.3 Å². The van der Waals surface area contributed by atoms with Crippen molar-refractivity contribution in [3.8, 4) is 0 Å². The molecule has 2 aromatic rings. The second kappa shape index (κ2) is 4.68. The van der Waals surface area contributed by atoms with Gasteiger partial charge in [0.25, 0.3) is 5.56 Å². The molecule has 0 spiro atoms. The molecule has 1 aliphatic rings. The van der Waals surface area contributed by atoms with E-state index in [1.54, 1.807) is 10.6 Å². The third-order valence-electron chi connectivity index (χ3n) is 3.97. The van der Waals surface area contributed by atoms with E-state index in [-0.39, 0.29) is 11.6 Å². The molecule has 0 amide bonds. The van der Waals surface area contributed by atoms with Crippen LogP contribution in [0.25, 0.3) is 5.65 Å². The molecule has 0 radical (unpaired) electrons. The van der Waals surface area contributed by atoms with Crippen molar-refractivity contribution in [1.29, 1.82) is 0 Å². The molecule has 0 unspecified atom stereocenters. The molecule has 3 rings (SSSR count). The molecule has 2 aromatic heterocycles. The van der Waals surface area contributed by atoms with Gasteiger partial charge in [-0.1, -0.05) is 6.07 Å². The van der Waals surface area contributed by atoms with Gasteiger partial charge in [-0.3, -0.25) is 9.20 Å². The highest BCUT2D eigenvalue weighted by atomic mass is 16.3. The SMILES string of the molecule is Cc1nc2ccccn2c(=O)c1CNC1CC(C)(O)C1. The molecule has 0 aliphatic heterocycles. The first-order valence-electron chi connectivity index (χ1n) is 6.89. The molecule has 106 valence electrons. The Bertz CT molecular complexity index is 698. The summed E-state index contributed by atoms with van der Waals surface area (Å²) in [7, 11) is 0. The van der Waals surface area contributed by atoms with E-state index in [0.29, 0.717) is 17.8 Å². The summed E-state index contributed by atoms with van der Waals surface area (Å²) in [6.07, 6.45) is 3.20. The van der Waals surface area contributed by atoms with Crippen LogP contribution in [0, 0.1) is 6.92 Å². The van der Waals surface area contributed by atoms with Gasteiger partial charge in [-0.25, -0.2) is 4.98 Å². The Kier molecular flexibility index (Phi) is 3.11. The van der Waals surface area contributed by atoms with Gasteiger partial charge in [-0.05, 0) is 38.8 Å². The molecule has 5 heteroatoms. The van der Waals surface area contributed by atoms with E-state index in [9.17, 15) is 9.90 Å². The van der Waals surface area contributed by atoms with E-state index in [0.717, 1.165) is 18.5 Å². The van der Waals surface area contributed by atoms with E-state index < -0.39 is 5.60 Å². The largest absolute Gasteiger partial charge is 0.390 e. The van der Waals surface area contributed by atoms with Crippen LogP contribution in [0.15, 0.2) is 29.2 Å². The number of aliphatic hydroxyl groups is 1. The Labute approximate surface area is 117 Å². The summed E-state index contributed by atoms with van der Waals surface area (Å²) >= 11 is 0. The Morgan fingerprint density at radius 1 is 1.50 bits per heavy atom. The lowest BCUT2D eigenvalue weighted by Crippen LogP contribution is -2.51. The maximum atomic E-state index is 12.4. The van der Waals surface area contributed by atoms with Gasteiger partial charge in [-0.15, -0.1) is 0 Å². The molecule has 0 atom stereocenters. The first-order chi connectivity index (χ1) is 9.46. The fraction of sp³-hybridized carbons (Fsp3) is 0.467. The van der Waals surface area contributed by atoms with Crippen LogP contribution in [0.3, 0.4) is 0 Å². The highest BCUT2D eigenvalue weighted by molar-refractivity contribution is 5.40. The highest BCUT2D eigenvalue weighted by Gasteiger charge is 2.37. The van der Waals surface area contributed by atoms with Crippen LogP contribution < -0.4 is 10.9 Å². The zero-order chi connectivity index (χ0) is 14.3. The van der Waals surface area contributed by atoms with Crippen molar-refractivity contribution in [2.45, 2.75) is 44.9 Å². The van der Waals surface area contributed by atoms with Crippen molar-refractivity contribution in [3.05, 3.63) is 46.0 Å². The Morgan fingerprint density at radius 3 is 2.95 bits per heavy atom. The van der Waals surface area contributed by atoms with Gasteiger partial charge in [0.1, 0.15) is 5.65 Å². The summed E-state index contributed by atoms with van der Waals surface area (Å²) < 4.78 is 1.57. The van der Waals surface area contributed by atoms with Crippen molar-refractivity contribution in [2.75, 3.05) is 0 Å². The first-order valence-corrected chi connectivity index (χ1v) is 6.89. The van der Waals surface area contributed by atoms with Gasteiger partial charge < -0.3 is 10.4 Å². The number of nitrogens with zero attached hydrogens (tertiary/aromatic N) is 2. The number of rotatable bonds is 3. The summed E-state index contributed by atoms with van der Waals surface area (Å²) in [6, 6.07) is 5.80. The zero-order valence-corrected chi connectivity index (χ0v) is 11.8. The molecule has 1 fully saturated rings. The van der Waals surface area contributed by atoms with Crippen LogP contribution in [0.4, 0.5) is 0 Å². The quantitative estimate of drug-likeness (QED) is 0.876. The number of hydrogen-bond acceptors (Lipinski definition) is 4. The van der Waals surface area contributed by atoms with E-state index in [1.165, 1.54) is 0 Å². The first kappa shape index (κ1) is 13.3. The van der Waals surface area contributed by atoms with Crippen LogP contribution >= 0.6 is 0 Å². The minimum atomic E-state index is -0.552. The molecule has 0 bridgehead atoms. The van der Waals surface area contributed by atoms with Crippen molar-refractivity contribution in [3.63, 3.8) is 0 Å². The van der Waals surface area contributed by atoms with Gasteiger partial charge >= 0.3 is 0 Å². The molecule has 0 aromatic carbocycles. The van der Waals surface area contributed by atoms with Gasteiger partial charge in [0, 0.05) is 24.5 Å². The third kappa shape index (κ3) is 2.34. The van der Waals surface area contributed by atoms with Crippen molar-refractivity contribution in [1.82, 2.24) is 14.7 Å². The lowest BCUT2D eigenvalue weighted by molar-refractivity contribution is -0.0393. The average molecular weight is 273 g/mol. The number of aromatic nitrogens is 2. The number of fused-ring (bicyclic) bond motifs is 1. The lowest BCUT2D eigenvalue weighted by Gasteiger charge is -2.41.